The molecule has 4 rings (SSSR count). The smallest absolute Gasteiger partial charge is 0.254 e. The minimum absolute atomic E-state index is 0.0161. The molecule has 0 bridgehead atoms. The fourth-order valence-electron chi connectivity index (χ4n) is 3.30. The van der Waals surface area contributed by atoms with Crippen LogP contribution in [0.5, 0.6) is 11.5 Å². The largest absolute Gasteiger partial charge is 0.493 e. The molecule has 0 N–H and O–H groups in total. The van der Waals surface area contributed by atoms with E-state index >= 15 is 0 Å². The van der Waals surface area contributed by atoms with Crippen LogP contribution in [0.25, 0.3) is 10.3 Å². The molecule has 0 spiro atoms. The second kappa shape index (κ2) is 8.54. The summed E-state index contributed by atoms with van der Waals surface area (Å²) in [7, 11) is 1.57. The van der Waals surface area contributed by atoms with Gasteiger partial charge in [0.1, 0.15) is 10.3 Å². The summed E-state index contributed by atoms with van der Waals surface area (Å²) in [5.74, 6) is 1.14. The molecule has 1 aliphatic heterocycles. The molecule has 1 amide bonds. The number of hydrogen-bond donors (Lipinski definition) is 0. The van der Waals surface area contributed by atoms with Crippen LogP contribution < -0.4 is 14.4 Å². The summed E-state index contributed by atoms with van der Waals surface area (Å²) < 4.78 is 11.7. The minimum Gasteiger partial charge on any atom is -0.493 e. The Hall–Kier alpha value is -2.39. The summed E-state index contributed by atoms with van der Waals surface area (Å²) >= 11 is 5.08. The van der Waals surface area contributed by atoms with Gasteiger partial charge in [0, 0.05) is 37.9 Å². The van der Waals surface area contributed by atoms with Crippen LogP contribution in [0.15, 0.2) is 34.9 Å². The Bertz CT molecular complexity index is 1000. The first kappa shape index (κ1) is 19.9. The Morgan fingerprint density at radius 2 is 2.07 bits per heavy atom. The van der Waals surface area contributed by atoms with E-state index in [4.69, 9.17) is 9.47 Å². The molecular formula is C20H21BrN4O3S. The highest BCUT2D eigenvalue weighted by atomic mass is 79.9. The molecule has 2 aromatic heterocycles. The average molecular weight is 477 g/mol. The fraction of sp³-hybridized carbons (Fsp3) is 0.350. The number of benzene rings is 1. The first-order valence-corrected chi connectivity index (χ1v) is 11.0. The van der Waals surface area contributed by atoms with Crippen molar-refractivity contribution >= 4 is 48.7 Å². The van der Waals surface area contributed by atoms with Gasteiger partial charge in [-0.25, -0.2) is 9.97 Å². The van der Waals surface area contributed by atoms with Crippen LogP contribution in [0.1, 0.15) is 17.3 Å². The van der Waals surface area contributed by atoms with E-state index in [9.17, 15) is 4.79 Å². The number of methoxy groups -OCH3 is 1. The average Bonchev–Trinajstić information content (AvgIpc) is 3.19. The Morgan fingerprint density at radius 3 is 2.76 bits per heavy atom. The number of thiazole rings is 1. The maximum atomic E-state index is 13.0. The number of amides is 1. The van der Waals surface area contributed by atoms with Crippen LogP contribution in [-0.4, -0.2) is 60.7 Å². The molecule has 29 heavy (non-hydrogen) atoms. The first-order valence-electron chi connectivity index (χ1n) is 9.36. The van der Waals surface area contributed by atoms with E-state index in [-0.39, 0.29) is 5.91 Å². The summed E-state index contributed by atoms with van der Waals surface area (Å²) in [5, 5.41) is 0.955. The van der Waals surface area contributed by atoms with Gasteiger partial charge >= 0.3 is 0 Å². The molecule has 7 nitrogen and oxygen atoms in total. The summed E-state index contributed by atoms with van der Waals surface area (Å²) in [6, 6.07) is 7.40. The molecule has 152 valence electrons. The predicted octanol–water partition coefficient (Wildman–Crippen LogP) is 3.82. The SMILES string of the molecule is CCOc1c(Br)cc(C(=O)N2CCN(c3nc4cccnc4s3)CC2)cc1OC. The van der Waals surface area contributed by atoms with Gasteiger partial charge in [-0.2, -0.15) is 0 Å². The maximum absolute atomic E-state index is 13.0. The van der Waals surface area contributed by atoms with Crippen LogP contribution in [0.2, 0.25) is 0 Å². The number of rotatable bonds is 5. The van der Waals surface area contributed by atoms with Crippen molar-refractivity contribution in [3.8, 4) is 11.5 Å². The number of hydrogen-bond acceptors (Lipinski definition) is 7. The Kier molecular flexibility index (Phi) is 5.86. The van der Waals surface area contributed by atoms with Gasteiger partial charge in [-0.3, -0.25) is 4.79 Å². The standard InChI is InChI=1S/C20H21BrN4O3S/c1-3-28-17-14(21)11-13(12-16(17)27-2)19(26)24-7-9-25(10-8-24)20-23-15-5-4-6-22-18(15)29-20/h4-6,11-12H,3,7-10H2,1-2H3. The number of halogens is 1. The number of anilines is 1. The summed E-state index contributed by atoms with van der Waals surface area (Å²) in [4.78, 5) is 27.1. The summed E-state index contributed by atoms with van der Waals surface area (Å²) in [5.41, 5.74) is 1.49. The lowest BCUT2D eigenvalue weighted by Gasteiger charge is -2.34. The summed E-state index contributed by atoms with van der Waals surface area (Å²) in [6.45, 7) is 5.17. The van der Waals surface area contributed by atoms with Crippen molar-refractivity contribution in [2.45, 2.75) is 6.92 Å². The zero-order valence-electron chi connectivity index (χ0n) is 16.2. The van der Waals surface area contributed by atoms with Crippen LogP contribution >= 0.6 is 27.3 Å². The molecule has 0 unspecified atom stereocenters. The lowest BCUT2D eigenvalue weighted by atomic mass is 10.1. The van der Waals surface area contributed by atoms with E-state index in [0.717, 1.165) is 28.6 Å². The molecule has 3 aromatic rings. The third-order valence-corrected chi connectivity index (χ3v) is 6.39. The van der Waals surface area contributed by atoms with Crippen LogP contribution in [0.3, 0.4) is 0 Å². The van der Waals surface area contributed by atoms with Crippen molar-refractivity contribution in [2.75, 3.05) is 44.8 Å². The number of pyridine rings is 1. The molecule has 1 saturated heterocycles. The number of ether oxygens (including phenoxy) is 2. The van der Waals surface area contributed by atoms with E-state index in [1.807, 2.05) is 24.0 Å². The normalized spacial score (nSPS) is 14.3. The van der Waals surface area contributed by atoms with Crippen molar-refractivity contribution < 1.29 is 14.3 Å². The van der Waals surface area contributed by atoms with Crippen molar-refractivity contribution in [2.24, 2.45) is 0 Å². The van der Waals surface area contributed by atoms with E-state index in [1.165, 1.54) is 0 Å². The van der Waals surface area contributed by atoms with E-state index in [2.05, 4.69) is 30.8 Å². The predicted molar refractivity (Wildman–Crippen MR) is 117 cm³/mol. The number of aromatic nitrogens is 2. The quantitative estimate of drug-likeness (QED) is 0.557. The number of nitrogens with zero attached hydrogens (tertiary/aromatic N) is 4. The van der Waals surface area contributed by atoms with Gasteiger partial charge in [0.25, 0.3) is 5.91 Å². The highest BCUT2D eigenvalue weighted by Gasteiger charge is 2.25. The number of piperazine rings is 1. The van der Waals surface area contributed by atoms with Gasteiger partial charge in [0.15, 0.2) is 16.6 Å². The first-order chi connectivity index (χ1) is 14.1. The number of fused-ring (bicyclic) bond motifs is 1. The zero-order chi connectivity index (χ0) is 20.4. The lowest BCUT2D eigenvalue weighted by molar-refractivity contribution is 0.0746. The second-order valence-corrected chi connectivity index (χ2v) is 8.34. The van der Waals surface area contributed by atoms with Gasteiger partial charge in [-0.15, -0.1) is 0 Å². The van der Waals surface area contributed by atoms with E-state index in [1.54, 1.807) is 36.8 Å². The third-order valence-electron chi connectivity index (χ3n) is 4.76. The topological polar surface area (TPSA) is 67.8 Å². The van der Waals surface area contributed by atoms with Gasteiger partial charge < -0.3 is 19.3 Å². The van der Waals surface area contributed by atoms with E-state index < -0.39 is 0 Å². The van der Waals surface area contributed by atoms with Crippen LogP contribution in [0, 0.1) is 0 Å². The molecule has 1 fully saturated rings. The molecule has 0 atom stereocenters. The van der Waals surface area contributed by atoms with Crippen molar-refractivity contribution in [3.63, 3.8) is 0 Å². The molecule has 1 aromatic carbocycles. The maximum Gasteiger partial charge on any atom is 0.254 e. The Labute approximate surface area is 181 Å². The molecule has 3 heterocycles. The van der Waals surface area contributed by atoms with Crippen molar-refractivity contribution in [3.05, 3.63) is 40.5 Å². The van der Waals surface area contributed by atoms with E-state index in [0.29, 0.717) is 41.2 Å². The zero-order valence-corrected chi connectivity index (χ0v) is 18.6. The van der Waals surface area contributed by atoms with Gasteiger partial charge in [0.2, 0.25) is 0 Å². The minimum atomic E-state index is -0.0161. The molecule has 0 saturated carbocycles. The van der Waals surface area contributed by atoms with Crippen molar-refractivity contribution in [1.82, 2.24) is 14.9 Å². The van der Waals surface area contributed by atoms with Crippen LogP contribution in [0.4, 0.5) is 5.13 Å². The Balaban J connectivity index is 1.47. The van der Waals surface area contributed by atoms with Crippen molar-refractivity contribution in [1.29, 1.82) is 0 Å². The summed E-state index contributed by atoms with van der Waals surface area (Å²) in [6.07, 6.45) is 1.78. The monoisotopic (exact) mass is 476 g/mol. The highest BCUT2D eigenvalue weighted by Crippen LogP contribution is 2.37. The number of carbonyl (C=O) groups is 1. The molecule has 1 aliphatic rings. The third kappa shape index (κ3) is 4.02. The highest BCUT2D eigenvalue weighted by molar-refractivity contribution is 9.10. The van der Waals surface area contributed by atoms with Gasteiger partial charge in [-0.05, 0) is 47.1 Å². The molecule has 0 radical (unpaired) electrons. The fourth-order valence-corrected chi connectivity index (χ4v) is 4.82. The van der Waals surface area contributed by atoms with Gasteiger partial charge in [0.05, 0.1) is 18.2 Å². The number of carbonyl (C=O) groups excluding carboxylic acids is 1. The lowest BCUT2D eigenvalue weighted by Crippen LogP contribution is -2.48. The van der Waals surface area contributed by atoms with Crippen LogP contribution in [-0.2, 0) is 0 Å². The van der Waals surface area contributed by atoms with Gasteiger partial charge in [-0.1, -0.05) is 11.3 Å². The Morgan fingerprint density at radius 1 is 1.28 bits per heavy atom. The molecule has 9 heteroatoms. The second-order valence-electron chi connectivity index (χ2n) is 6.53. The molecular weight excluding hydrogens is 456 g/mol. The molecule has 0 aliphatic carbocycles.